The van der Waals surface area contributed by atoms with Gasteiger partial charge in [0.2, 0.25) is 0 Å². The van der Waals surface area contributed by atoms with Gasteiger partial charge >= 0.3 is 0 Å². The summed E-state index contributed by atoms with van der Waals surface area (Å²) in [6, 6.07) is 11.1. The number of benzene rings is 1. The molecule has 3 heteroatoms. The van der Waals surface area contributed by atoms with Crippen LogP contribution >= 0.6 is 11.8 Å². The predicted molar refractivity (Wildman–Crippen MR) is 74.1 cm³/mol. The minimum absolute atomic E-state index is 0.285. The maximum Gasteiger partial charge on any atom is 0.0622 e. The van der Waals surface area contributed by atoms with Crippen LogP contribution in [-0.2, 0) is 0 Å². The van der Waals surface area contributed by atoms with Gasteiger partial charge in [0, 0.05) is 22.6 Å². The van der Waals surface area contributed by atoms with Crippen molar-refractivity contribution in [3.63, 3.8) is 0 Å². The Kier molecular flexibility index (Phi) is 6.10. The van der Waals surface area contributed by atoms with Crippen molar-refractivity contribution in [1.29, 1.82) is 5.26 Å². The lowest BCUT2D eigenvalue weighted by atomic mass is 10.0. The number of hydrogen-bond acceptors (Lipinski definition) is 3. The molecule has 0 fully saturated rings. The van der Waals surface area contributed by atoms with Gasteiger partial charge in [0.1, 0.15) is 0 Å². The van der Waals surface area contributed by atoms with Gasteiger partial charge < -0.3 is 5.32 Å². The first-order chi connectivity index (χ1) is 8.17. The van der Waals surface area contributed by atoms with Gasteiger partial charge in [0.15, 0.2) is 0 Å². The fourth-order valence-electron chi connectivity index (χ4n) is 1.74. The fourth-order valence-corrected chi connectivity index (χ4v) is 2.57. The Balaban J connectivity index is 2.68. The van der Waals surface area contributed by atoms with E-state index < -0.39 is 0 Å². The van der Waals surface area contributed by atoms with Crippen LogP contribution < -0.4 is 5.32 Å². The van der Waals surface area contributed by atoms with E-state index in [1.54, 1.807) is 0 Å². The second-order valence-electron chi connectivity index (χ2n) is 4.27. The van der Waals surface area contributed by atoms with Gasteiger partial charge in [-0.25, -0.2) is 0 Å². The summed E-state index contributed by atoms with van der Waals surface area (Å²) in [6.45, 7) is 4.39. The average molecular weight is 248 g/mol. The van der Waals surface area contributed by atoms with E-state index in [0.717, 1.165) is 6.42 Å². The van der Waals surface area contributed by atoms with E-state index in [4.69, 9.17) is 5.26 Å². The maximum atomic E-state index is 8.62. The summed E-state index contributed by atoms with van der Waals surface area (Å²) in [4.78, 5) is 1.30. The van der Waals surface area contributed by atoms with Crippen LogP contribution in [0.4, 0.5) is 0 Å². The summed E-state index contributed by atoms with van der Waals surface area (Å²) >= 11 is 1.87. The third kappa shape index (κ3) is 4.80. The Hall–Kier alpha value is -0.980. The molecule has 0 spiro atoms. The highest BCUT2D eigenvalue weighted by atomic mass is 32.2. The molecule has 1 rings (SSSR count). The lowest BCUT2D eigenvalue weighted by Gasteiger charge is -2.15. The van der Waals surface area contributed by atoms with Crippen LogP contribution in [0.5, 0.6) is 0 Å². The van der Waals surface area contributed by atoms with Crippen molar-refractivity contribution in [2.75, 3.05) is 7.05 Å². The molecule has 0 aliphatic rings. The molecule has 1 N–H and O–H groups in total. The molecule has 0 aliphatic carbocycles. The van der Waals surface area contributed by atoms with E-state index in [2.05, 4.69) is 49.5 Å². The predicted octanol–water partition coefficient (Wildman–Crippen LogP) is 3.75. The zero-order valence-corrected chi connectivity index (χ0v) is 11.6. The van der Waals surface area contributed by atoms with Crippen LogP contribution in [-0.4, -0.2) is 12.3 Å². The van der Waals surface area contributed by atoms with Crippen molar-refractivity contribution in [1.82, 2.24) is 5.32 Å². The first kappa shape index (κ1) is 14.1. The zero-order valence-electron chi connectivity index (χ0n) is 10.7. The van der Waals surface area contributed by atoms with E-state index >= 15 is 0 Å². The molecule has 92 valence electrons. The van der Waals surface area contributed by atoms with Crippen molar-refractivity contribution in [3.05, 3.63) is 29.8 Å². The molecule has 17 heavy (non-hydrogen) atoms. The summed E-state index contributed by atoms with van der Waals surface area (Å²) in [7, 11) is 1.94. The Morgan fingerprint density at radius 3 is 2.41 bits per heavy atom. The molecule has 1 aromatic carbocycles. The van der Waals surface area contributed by atoms with Crippen LogP contribution in [0.25, 0.3) is 0 Å². The van der Waals surface area contributed by atoms with Gasteiger partial charge in [-0.2, -0.15) is 5.26 Å². The number of nitriles is 1. The molecule has 0 saturated carbocycles. The van der Waals surface area contributed by atoms with E-state index in [1.807, 2.05) is 18.8 Å². The summed E-state index contributed by atoms with van der Waals surface area (Å²) in [6.07, 6.45) is 1.46. The van der Waals surface area contributed by atoms with E-state index in [-0.39, 0.29) is 6.04 Å². The van der Waals surface area contributed by atoms with Gasteiger partial charge in [-0.05, 0) is 31.2 Å². The van der Waals surface area contributed by atoms with Crippen LogP contribution in [0.2, 0.25) is 0 Å². The smallest absolute Gasteiger partial charge is 0.0622 e. The quantitative estimate of drug-likeness (QED) is 0.779. The largest absolute Gasteiger partial charge is 0.313 e. The van der Waals surface area contributed by atoms with Gasteiger partial charge in [0.25, 0.3) is 0 Å². The standard InChI is InChI=1S/C14H20N2S/c1-11(2)17-13-8-6-12(7-9-13)14(16-3)5-4-10-15/h6-9,11,14,16H,4-5H2,1-3H3. The van der Waals surface area contributed by atoms with Crippen LogP contribution in [0, 0.1) is 11.3 Å². The van der Waals surface area contributed by atoms with Gasteiger partial charge in [-0.1, -0.05) is 26.0 Å². The first-order valence-electron chi connectivity index (χ1n) is 5.98. The highest BCUT2D eigenvalue weighted by molar-refractivity contribution is 7.99. The Labute approximate surface area is 108 Å². The Morgan fingerprint density at radius 2 is 1.94 bits per heavy atom. The summed E-state index contributed by atoms with van der Waals surface area (Å²) in [5.41, 5.74) is 1.26. The second-order valence-corrected chi connectivity index (χ2v) is 5.92. The lowest BCUT2D eigenvalue weighted by Crippen LogP contribution is -2.15. The Morgan fingerprint density at radius 1 is 1.29 bits per heavy atom. The molecule has 2 nitrogen and oxygen atoms in total. The fraction of sp³-hybridized carbons (Fsp3) is 0.500. The van der Waals surface area contributed by atoms with Crippen molar-refractivity contribution in [2.24, 2.45) is 0 Å². The number of hydrogen-bond donors (Lipinski definition) is 1. The molecule has 0 amide bonds. The SMILES string of the molecule is CNC(CCC#N)c1ccc(SC(C)C)cc1. The van der Waals surface area contributed by atoms with Gasteiger partial charge in [-0.15, -0.1) is 11.8 Å². The molecule has 0 aromatic heterocycles. The molecule has 0 aliphatic heterocycles. The van der Waals surface area contributed by atoms with Crippen LogP contribution in [0.15, 0.2) is 29.2 Å². The van der Waals surface area contributed by atoms with Crippen LogP contribution in [0.3, 0.4) is 0 Å². The summed E-state index contributed by atoms with van der Waals surface area (Å²) < 4.78 is 0. The molecule has 0 saturated heterocycles. The lowest BCUT2D eigenvalue weighted by molar-refractivity contribution is 0.557. The summed E-state index contributed by atoms with van der Waals surface area (Å²) in [5.74, 6) is 0. The molecule has 0 heterocycles. The third-order valence-corrected chi connectivity index (χ3v) is 3.56. The monoisotopic (exact) mass is 248 g/mol. The highest BCUT2D eigenvalue weighted by Crippen LogP contribution is 2.25. The van der Waals surface area contributed by atoms with Crippen molar-refractivity contribution in [2.45, 2.75) is 42.9 Å². The van der Waals surface area contributed by atoms with E-state index in [0.29, 0.717) is 11.7 Å². The number of rotatable bonds is 6. The van der Waals surface area contributed by atoms with E-state index in [9.17, 15) is 0 Å². The minimum Gasteiger partial charge on any atom is -0.313 e. The molecule has 1 unspecified atom stereocenters. The summed E-state index contributed by atoms with van der Waals surface area (Å²) in [5, 5.41) is 12.5. The zero-order chi connectivity index (χ0) is 12.7. The second kappa shape index (κ2) is 7.37. The van der Waals surface area contributed by atoms with Gasteiger partial charge in [-0.3, -0.25) is 0 Å². The average Bonchev–Trinajstić information content (AvgIpc) is 2.31. The maximum absolute atomic E-state index is 8.62. The van der Waals surface area contributed by atoms with Gasteiger partial charge in [0.05, 0.1) is 6.07 Å². The number of nitrogens with one attached hydrogen (secondary N) is 1. The van der Waals surface area contributed by atoms with Crippen LogP contribution in [0.1, 0.15) is 38.3 Å². The molecular formula is C14H20N2S. The molecule has 1 aromatic rings. The highest BCUT2D eigenvalue weighted by Gasteiger charge is 2.08. The normalized spacial score (nSPS) is 12.4. The molecule has 0 bridgehead atoms. The molecule has 0 radical (unpaired) electrons. The van der Waals surface area contributed by atoms with Crippen molar-refractivity contribution < 1.29 is 0 Å². The topological polar surface area (TPSA) is 35.8 Å². The first-order valence-corrected chi connectivity index (χ1v) is 6.86. The van der Waals surface area contributed by atoms with Crippen molar-refractivity contribution >= 4 is 11.8 Å². The molecule has 1 atom stereocenters. The third-order valence-electron chi connectivity index (χ3n) is 2.55. The Bertz CT molecular complexity index is 365. The van der Waals surface area contributed by atoms with E-state index in [1.165, 1.54) is 10.5 Å². The minimum atomic E-state index is 0.285. The van der Waals surface area contributed by atoms with Crippen molar-refractivity contribution in [3.8, 4) is 6.07 Å². The molecular weight excluding hydrogens is 228 g/mol. The number of nitrogens with zero attached hydrogens (tertiary/aromatic N) is 1. The number of thioether (sulfide) groups is 1.